The van der Waals surface area contributed by atoms with Crippen molar-refractivity contribution in [2.75, 3.05) is 5.75 Å². The Balaban J connectivity index is 2.01. The quantitative estimate of drug-likeness (QED) is 0.661. The summed E-state index contributed by atoms with van der Waals surface area (Å²) < 4.78 is 0.421. The summed E-state index contributed by atoms with van der Waals surface area (Å²) in [4.78, 5) is 10.9. The van der Waals surface area contributed by atoms with Crippen molar-refractivity contribution in [1.82, 2.24) is 0 Å². The zero-order chi connectivity index (χ0) is 8.60. The fourth-order valence-electron chi connectivity index (χ4n) is 2.07. The van der Waals surface area contributed by atoms with E-state index in [2.05, 4.69) is 0 Å². The summed E-state index contributed by atoms with van der Waals surface area (Å²) in [7, 11) is 3.93. The van der Waals surface area contributed by atoms with E-state index in [1.54, 1.807) is 0 Å². The van der Waals surface area contributed by atoms with Gasteiger partial charge in [-0.2, -0.15) is 0 Å². The smallest absolute Gasteiger partial charge is 0.220 e. The molecule has 2 aliphatic rings. The molecule has 1 saturated carbocycles. The Bertz CT molecular complexity index is 201. The van der Waals surface area contributed by atoms with E-state index in [-0.39, 0.29) is 11.8 Å². The molecule has 2 fully saturated rings. The Hall–Kier alpha value is 0.170. The number of nitrogens with two attached hydrogens (primary N) is 1. The van der Waals surface area contributed by atoms with E-state index in [9.17, 15) is 4.79 Å². The van der Waals surface area contributed by atoms with Crippen molar-refractivity contribution < 1.29 is 4.79 Å². The minimum Gasteiger partial charge on any atom is -0.369 e. The highest BCUT2D eigenvalue weighted by atomic mass is 33.1. The first-order valence-electron chi connectivity index (χ1n) is 4.32. The summed E-state index contributed by atoms with van der Waals surface area (Å²) in [6.45, 7) is 0. The zero-order valence-electron chi connectivity index (χ0n) is 6.91. The maximum atomic E-state index is 10.9. The lowest BCUT2D eigenvalue weighted by Crippen LogP contribution is -2.24. The van der Waals surface area contributed by atoms with E-state index in [1.807, 2.05) is 21.6 Å². The van der Waals surface area contributed by atoms with Gasteiger partial charge in [-0.15, -0.1) is 0 Å². The predicted octanol–water partition coefficient (Wildman–Crippen LogP) is 1.80. The molecule has 12 heavy (non-hydrogen) atoms. The van der Waals surface area contributed by atoms with Crippen LogP contribution in [0.15, 0.2) is 0 Å². The Kier molecular flexibility index (Phi) is 2.29. The van der Waals surface area contributed by atoms with Crippen LogP contribution in [0.3, 0.4) is 0 Å². The minimum absolute atomic E-state index is 0.0932. The van der Waals surface area contributed by atoms with Crippen LogP contribution in [-0.4, -0.2) is 16.4 Å². The zero-order valence-corrected chi connectivity index (χ0v) is 8.55. The highest BCUT2D eigenvalue weighted by Crippen LogP contribution is 2.56. The molecule has 2 nitrogen and oxygen atoms in total. The molecule has 1 aliphatic heterocycles. The standard InChI is InChI=1S/C8H13NOS2/c9-7(10)6-1-2-8(5-6)3-4-11-12-8/h6H,1-5H2,(H2,9,10). The van der Waals surface area contributed by atoms with Crippen LogP contribution in [0.5, 0.6) is 0 Å². The van der Waals surface area contributed by atoms with Gasteiger partial charge in [-0.05, 0) is 25.7 Å². The minimum atomic E-state index is -0.0932. The van der Waals surface area contributed by atoms with Crippen molar-refractivity contribution >= 4 is 27.5 Å². The maximum absolute atomic E-state index is 10.9. The van der Waals surface area contributed by atoms with Gasteiger partial charge >= 0.3 is 0 Å². The summed E-state index contributed by atoms with van der Waals surface area (Å²) in [5, 5.41) is 0. The summed E-state index contributed by atoms with van der Waals surface area (Å²) >= 11 is 0. The molecule has 0 bridgehead atoms. The third-order valence-electron chi connectivity index (χ3n) is 2.85. The Morgan fingerprint density at radius 3 is 2.83 bits per heavy atom. The summed E-state index contributed by atoms with van der Waals surface area (Å²) in [6, 6.07) is 0. The van der Waals surface area contributed by atoms with E-state index in [4.69, 9.17) is 5.73 Å². The molecule has 1 saturated heterocycles. The summed E-state index contributed by atoms with van der Waals surface area (Å²) in [5.74, 6) is 1.32. The molecule has 2 atom stereocenters. The van der Waals surface area contributed by atoms with Gasteiger partial charge in [0.2, 0.25) is 5.91 Å². The van der Waals surface area contributed by atoms with Crippen LogP contribution in [0.1, 0.15) is 25.7 Å². The van der Waals surface area contributed by atoms with Crippen LogP contribution < -0.4 is 5.73 Å². The number of hydrogen-bond acceptors (Lipinski definition) is 3. The van der Waals surface area contributed by atoms with Crippen LogP contribution in [0.2, 0.25) is 0 Å². The lowest BCUT2D eigenvalue weighted by Gasteiger charge is -2.19. The molecule has 2 rings (SSSR count). The molecule has 0 aromatic carbocycles. The van der Waals surface area contributed by atoms with Crippen LogP contribution >= 0.6 is 21.6 Å². The average Bonchev–Trinajstić information content (AvgIpc) is 2.62. The van der Waals surface area contributed by atoms with E-state index in [0.29, 0.717) is 4.75 Å². The first-order valence-corrected chi connectivity index (χ1v) is 6.64. The number of primary amides is 1. The molecule has 0 aromatic rings. The lowest BCUT2D eigenvalue weighted by atomic mass is 10.0. The Labute approximate surface area is 80.4 Å². The van der Waals surface area contributed by atoms with Gasteiger partial charge in [0.25, 0.3) is 0 Å². The topological polar surface area (TPSA) is 43.1 Å². The molecule has 1 amide bonds. The number of amides is 1. The first-order chi connectivity index (χ1) is 5.72. The van der Waals surface area contributed by atoms with Gasteiger partial charge in [-0.25, -0.2) is 0 Å². The molecule has 1 spiro atoms. The highest BCUT2D eigenvalue weighted by molar-refractivity contribution is 8.77. The van der Waals surface area contributed by atoms with Gasteiger partial charge < -0.3 is 5.73 Å². The molecule has 1 aliphatic carbocycles. The monoisotopic (exact) mass is 203 g/mol. The largest absolute Gasteiger partial charge is 0.369 e. The van der Waals surface area contributed by atoms with Crippen LogP contribution in [0, 0.1) is 5.92 Å². The number of carbonyl (C=O) groups is 1. The molecular formula is C8H13NOS2. The van der Waals surface area contributed by atoms with Gasteiger partial charge in [0, 0.05) is 16.4 Å². The summed E-state index contributed by atoms with van der Waals surface area (Å²) in [6.07, 6.45) is 4.51. The molecule has 2 unspecified atom stereocenters. The van der Waals surface area contributed by atoms with Crippen LogP contribution in [0.25, 0.3) is 0 Å². The van der Waals surface area contributed by atoms with Crippen molar-refractivity contribution in [2.45, 2.75) is 30.4 Å². The van der Waals surface area contributed by atoms with Gasteiger partial charge in [0.05, 0.1) is 0 Å². The van der Waals surface area contributed by atoms with Gasteiger partial charge in [0.1, 0.15) is 0 Å². The third kappa shape index (κ3) is 1.46. The van der Waals surface area contributed by atoms with Gasteiger partial charge in [-0.3, -0.25) is 4.79 Å². The first kappa shape index (κ1) is 8.75. The number of carbonyl (C=O) groups excluding carboxylic acids is 1. The molecule has 2 N–H and O–H groups in total. The predicted molar refractivity (Wildman–Crippen MR) is 53.9 cm³/mol. The third-order valence-corrected chi connectivity index (χ3v) is 6.18. The van der Waals surface area contributed by atoms with Crippen LogP contribution in [-0.2, 0) is 4.79 Å². The lowest BCUT2D eigenvalue weighted by molar-refractivity contribution is -0.121. The van der Waals surface area contributed by atoms with E-state index in [0.717, 1.165) is 12.8 Å². The van der Waals surface area contributed by atoms with E-state index in [1.165, 1.54) is 18.6 Å². The van der Waals surface area contributed by atoms with Crippen molar-refractivity contribution in [3.63, 3.8) is 0 Å². The molecule has 68 valence electrons. The van der Waals surface area contributed by atoms with E-state index >= 15 is 0 Å². The fraction of sp³-hybridized carbons (Fsp3) is 0.875. The number of rotatable bonds is 1. The fourth-order valence-corrected chi connectivity index (χ4v) is 5.62. The molecule has 1 heterocycles. The molecular weight excluding hydrogens is 190 g/mol. The second-order valence-corrected chi connectivity index (χ2v) is 6.56. The van der Waals surface area contributed by atoms with Crippen molar-refractivity contribution in [2.24, 2.45) is 11.7 Å². The molecule has 0 aromatic heterocycles. The van der Waals surface area contributed by atoms with Crippen molar-refractivity contribution in [3.05, 3.63) is 0 Å². The Morgan fingerprint density at radius 2 is 2.33 bits per heavy atom. The summed E-state index contributed by atoms with van der Waals surface area (Å²) in [5.41, 5.74) is 5.29. The average molecular weight is 203 g/mol. The normalized spacial score (nSPS) is 40.8. The second kappa shape index (κ2) is 3.14. The maximum Gasteiger partial charge on any atom is 0.220 e. The van der Waals surface area contributed by atoms with Crippen molar-refractivity contribution in [3.8, 4) is 0 Å². The molecule has 0 radical (unpaired) electrons. The van der Waals surface area contributed by atoms with Gasteiger partial charge in [0.15, 0.2) is 0 Å². The van der Waals surface area contributed by atoms with Gasteiger partial charge in [-0.1, -0.05) is 21.6 Å². The number of hydrogen-bond donors (Lipinski definition) is 1. The van der Waals surface area contributed by atoms with Crippen LogP contribution in [0.4, 0.5) is 0 Å². The van der Waals surface area contributed by atoms with E-state index < -0.39 is 0 Å². The Morgan fingerprint density at radius 1 is 1.50 bits per heavy atom. The SMILES string of the molecule is NC(=O)C1CCC2(CCSS2)C1. The highest BCUT2D eigenvalue weighted by Gasteiger charge is 2.44. The second-order valence-electron chi connectivity index (χ2n) is 3.68. The van der Waals surface area contributed by atoms with Crippen molar-refractivity contribution in [1.29, 1.82) is 0 Å². The molecule has 4 heteroatoms.